The fourth-order valence-electron chi connectivity index (χ4n) is 4.77. The SMILES string of the molecule is N[C@]1([C@@]2(F)CCc3ccccc3C2=O)C(=O)N(Cc2ccccc2)c2cc(Br)ccc21. The average Bonchev–Trinajstić information content (AvgIpc) is 2.99. The van der Waals surface area contributed by atoms with Crippen LogP contribution in [0, 0.1) is 0 Å². The summed E-state index contributed by atoms with van der Waals surface area (Å²) in [7, 11) is 0. The van der Waals surface area contributed by atoms with Gasteiger partial charge in [-0.2, -0.15) is 0 Å². The molecule has 2 aliphatic rings. The maximum atomic E-state index is 16.7. The number of ketones is 1. The summed E-state index contributed by atoms with van der Waals surface area (Å²) in [6, 6.07) is 21.5. The van der Waals surface area contributed by atoms with E-state index in [0.717, 1.165) is 15.6 Å². The minimum absolute atomic E-state index is 0.139. The lowest BCUT2D eigenvalue weighted by molar-refractivity contribution is -0.128. The third-order valence-electron chi connectivity index (χ3n) is 6.43. The van der Waals surface area contributed by atoms with Gasteiger partial charge in [0.1, 0.15) is 0 Å². The molecule has 4 nitrogen and oxygen atoms in total. The minimum atomic E-state index is -2.54. The van der Waals surface area contributed by atoms with Gasteiger partial charge in [-0.3, -0.25) is 9.59 Å². The Morgan fingerprint density at radius 3 is 2.48 bits per heavy atom. The number of benzene rings is 3. The van der Waals surface area contributed by atoms with Crippen LogP contribution in [0.2, 0.25) is 0 Å². The number of aryl methyl sites for hydroxylation is 1. The largest absolute Gasteiger partial charge is 0.310 e. The maximum Gasteiger partial charge on any atom is 0.255 e. The molecule has 2 N–H and O–H groups in total. The molecule has 1 aliphatic heterocycles. The van der Waals surface area contributed by atoms with Crippen LogP contribution in [-0.4, -0.2) is 17.4 Å². The Bertz CT molecular complexity index is 1220. The molecule has 1 amide bonds. The van der Waals surface area contributed by atoms with Gasteiger partial charge in [0.25, 0.3) is 5.91 Å². The van der Waals surface area contributed by atoms with Crippen LogP contribution in [0.1, 0.15) is 33.5 Å². The maximum absolute atomic E-state index is 16.7. The van der Waals surface area contributed by atoms with Crippen LogP contribution >= 0.6 is 15.9 Å². The molecule has 5 rings (SSSR count). The van der Waals surface area contributed by atoms with Crippen LogP contribution in [0.3, 0.4) is 0 Å². The average molecular weight is 479 g/mol. The molecule has 0 fully saturated rings. The summed E-state index contributed by atoms with van der Waals surface area (Å²) in [6.45, 7) is 0.239. The molecule has 156 valence electrons. The number of carbonyl (C=O) groups excluding carboxylic acids is 2. The van der Waals surface area contributed by atoms with Crippen molar-refractivity contribution in [3.8, 4) is 0 Å². The van der Waals surface area contributed by atoms with Crippen molar-refractivity contribution in [2.24, 2.45) is 5.73 Å². The zero-order valence-corrected chi connectivity index (χ0v) is 18.2. The lowest BCUT2D eigenvalue weighted by atomic mass is 9.67. The van der Waals surface area contributed by atoms with Gasteiger partial charge >= 0.3 is 0 Å². The fourth-order valence-corrected chi connectivity index (χ4v) is 5.12. The van der Waals surface area contributed by atoms with Gasteiger partial charge < -0.3 is 10.6 Å². The first-order valence-corrected chi connectivity index (χ1v) is 10.9. The molecule has 0 bridgehead atoms. The summed E-state index contributed by atoms with van der Waals surface area (Å²) in [5, 5.41) is 0. The summed E-state index contributed by atoms with van der Waals surface area (Å²) in [4.78, 5) is 28.6. The Kier molecular flexibility index (Phi) is 4.61. The molecule has 0 radical (unpaired) electrons. The lowest BCUT2D eigenvalue weighted by Gasteiger charge is -2.40. The molecule has 0 saturated carbocycles. The van der Waals surface area contributed by atoms with Crippen molar-refractivity contribution in [3.05, 3.63) is 99.5 Å². The van der Waals surface area contributed by atoms with E-state index >= 15 is 4.39 Å². The zero-order chi connectivity index (χ0) is 21.8. The third-order valence-corrected chi connectivity index (χ3v) is 6.92. The number of alkyl halides is 1. The number of rotatable bonds is 3. The highest BCUT2D eigenvalue weighted by atomic mass is 79.9. The van der Waals surface area contributed by atoms with E-state index < -0.39 is 22.9 Å². The Morgan fingerprint density at radius 1 is 1.00 bits per heavy atom. The van der Waals surface area contributed by atoms with Crippen LogP contribution in [0.4, 0.5) is 10.1 Å². The van der Waals surface area contributed by atoms with Gasteiger partial charge in [0.15, 0.2) is 5.54 Å². The predicted octanol–water partition coefficient (Wildman–Crippen LogP) is 4.69. The number of halogens is 2. The smallest absolute Gasteiger partial charge is 0.255 e. The number of carbonyl (C=O) groups is 2. The van der Waals surface area contributed by atoms with E-state index in [-0.39, 0.29) is 13.0 Å². The molecule has 0 unspecified atom stereocenters. The molecule has 3 aromatic rings. The van der Waals surface area contributed by atoms with E-state index in [1.807, 2.05) is 42.5 Å². The molecular weight excluding hydrogens is 459 g/mol. The molecule has 0 spiro atoms. The van der Waals surface area contributed by atoms with Crippen LogP contribution in [0.5, 0.6) is 0 Å². The minimum Gasteiger partial charge on any atom is -0.310 e. The molecular formula is C25H20BrFN2O2. The quantitative estimate of drug-likeness (QED) is 0.593. The van der Waals surface area contributed by atoms with E-state index in [0.29, 0.717) is 23.2 Å². The number of Topliss-reactive ketones (excluding diaryl/α,β-unsaturated/α-hetero) is 1. The van der Waals surface area contributed by atoms with Gasteiger partial charge in [0.2, 0.25) is 11.5 Å². The van der Waals surface area contributed by atoms with Gasteiger partial charge in [-0.25, -0.2) is 4.39 Å². The Hall–Kier alpha value is -2.83. The van der Waals surface area contributed by atoms with E-state index in [4.69, 9.17) is 5.73 Å². The Labute approximate surface area is 188 Å². The van der Waals surface area contributed by atoms with Crippen molar-refractivity contribution in [1.29, 1.82) is 0 Å². The molecule has 1 aliphatic carbocycles. The number of anilines is 1. The second-order valence-corrected chi connectivity index (χ2v) is 9.05. The van der Waals surface area contributed by atoms with Gasteiger partial charge in [-0.15, -0.1) is 0 Å². The third kappa shape index (κ3) is 2.82. The lowest BCUT2D eigenvalue weighted by Crippen LogP contribution is -2.65. The van der Waals surface area contributed by atoms with Gasteiger partial charge in [-0.1, -0.05) is 76.6 Å². The van der Waals surface area contributed by atoms with Gasteiger partial charge in [0.05, 0.1) is 12.2 Å². The number of hydrogen-bond acceptors (Lipinski definition) is 3. The second kappa shape index (κ2) is 7.11. The van der Waals surface area contributed by atoms with Crippen molar-refractivity contribution in [1.82, 2.24) is 0 Å². The highest BCUT2D eigenvalue weighted by Gasteiger charge is 2.66. The number of nitrogens with zero attached hydrogens (tertiary/aromatic N) is 1. The predicted molar refractivity (Wildman–Crippen MR) is 121 cm³/mol. The molecule has 0 saturated heterocycles. The zero-order valence-electron chi connectivity index (χ0n) is 16.6. The first kappa shape index (κ1) is 20.1. The van der Waals surface area contributed by atoms with Gasteiger partial charge in [-0.05, 0) is 36.1 Å². The van der Waals surface area contributed by atoms with E-state index in [1.165, 1.54) is 4.90 Å². The molecule has 3 aromatic carbocycles. The second-order valence-electron chi connectivity index (χ2n) is 8.13. The molecule has 0 aromatic heterocycles. The summed E-state index contributed by atoms with van der Waals surface area (Å²) >= 11 is 3.44. The van der Waals surface area contributed by atoms with Crippen molar-refractivity contribution >= 4 is 33.3 Å². The molecule has 1 heterocycles. The summed E-state index contributed by atoms with van der Waals surface area (Å²) in [6.07, 6.45) is 0.203. The summed E-state index contributed by atoms with van der Waals surface area (Å²) in [5.41, 5.74) is 4.87. The highest BCUT2D eigenvalue weighted by molar-refractivity contribution is 9.10. The summed E-state index contributed by atoms with van der Waals surface area (Å²) < 4.78 is 17.5. The molecule has 31 heavy (non-hydrogen) atoms. The van der Waals surface area contributed by atoms with E-state index in [2.05, 4.69) is 15.9 Å². The normalized spacial score (nSPS) is 24.8. The number of hydrogen-bond donors (Lipinski definition) is 1. The number of amides is 1. The van der Waals surface area contributed by atoms with Crippen molar-refractivity contribution in [3.63, 3.8) is 0 Å². The van der Waals surface area contributed by atoms with Crippen molar-refractivity contribution in [2.45, 2.75) is 30.6 Å². The molecule has 6 heteroatoms. The van der Waals surface area contributed by atoms with Crippen molar-refractivity contribution in [2.75, 3.05) is 4.90 Å². The van der Waals surface area contributed by atoms with Crippen molar-refractivity contribution < 1.29 is 14.0 Å². The number of fused-ring (bicyclic) bond motifs is 2. The highest BCUT2D eigenvalue weighted by Crippen LogP contribution is 2.51. The van der Waals surface area contributed by atoms with Crippen LogP contribution in [-0.2, 0) is 23.3 Å². The van der Waals surface area contributed by atoms with Crippen LogP contribution in [0.25, 0.3) is 0 Å². The first-order valence-electron chi connectivity index (χ1n) is 10.1. The summed E-state index contributed by atoms with van der Waals surface area (Å²) in [5.74, 6) is -1.32. The standard InChI is InChI=1S/C25H20BrFN2O2/c26-18-10-11-20-21(14-18)29(15-16-6-2-1-3-7-16)23(31)25(20,28)24(27)13-12-17-8-4-5-9-19(17)22(24)30/h1-11,14H,12-13,15,28H2/t24-,25+/m1/s1. The van der Waals surface area contributed by atoms with Crippen LogP contribution < -0.4 is 10.6 Å². The topological polar surface area (TPSA) is 63.4 Å². The van der Waals surface area contributed by atoms with Gasteiger partial charge in [0, 0.05) is 15.6 Å². The number of nitrogens with two attached hydrogens (primary N) is 1. The first-order chi connectivity index (χ1) is 14.9. The van der Waals surface area contributed by atoms with Crippen LogP contribution in [0.15, 0.2) is 77.3 Å². The fraction of sp³-hybridized carbons (Fsp3) is 0.200. The van der Waals surface area contributed by atoms with E-state index in [9.17, 15) is 9.59 Å². The Balaban J connectivity index is 1.65. The Morgan fingerprint density at radius 2 is 1.71 bits per heavy atom. The molecule has 2 atom stereocenters. The van der Waals surface area contributed by atoms with E-state index in [1.54, 1.807) is 30.3 Å². The monoisotopic (exact) mass is 478 g/mol.